The van der Waals surface area contributed by atoms with E-state index in [9.17, 15) is 0 Å². The van der Waals surface area contributed by atoms with E-state index in [2.05, 4.69) is 6.92 Å². The van der Waals surface area contributed by atoms with Crippen molar-refractivity contribution in [2.45, 2.75) is 45.6 Å². The Morgan fingerprint density at radius 3 is 2.06 bits per heavy atom. The summed E-state index contributed by atoms with van der Waals surface area (Å²) in [5.41, 5.74) is 0. The van der Waals surface area contributed by atoms with Gasteiger partial charge in [0.2, 0.25) is 0 Å². The quantitative estimate of drug-likeness (QED) is 0.684. The van der Waals surface area contributed by atoms with Gasteiger partial charge in [-0.3, -0.25) is 0 Å². The SMILES string of the molecule is CCCOc1ccc(OCCCCC(C)O)cc1. The van der Waals surface area contributed by atoms with E-state index in [4.69, 9.17) is 14.6 Å². The van der Waals surface area contributed by atoms with Crippen LogP contribution in [-0.2, 0) is 0 Å². The van der Waals surface area contributed by atoms with Crippen molar-refractivity contribution in [3.63, 3.8) is 0 Å². The molecule has 1 atom stereocenters. The highest BCUT2D eigenvalue weighted by Gasteiger charge is 1.98. The molecule has 18 heavy (non-hydrogen) atoms. The number of unbranched alkanes of at least 4 members (excludes halogenated alkanes) is 1. The van der Waals surface area contributed by atoms with E-state index in [0.717, 1.165) is 43.8 Å². The zero-order chi connectivity index (χ0) is 13.2. The van der Waals surface area contributed by atoms with Crippen LogP contribution in [0, 0.1) is 0 Å². The first-order valence-electron chi connectivity index (χ1n) is 6.76. The molecule has 0 aromatic heterocycles. The summed E-state index contributed by atoms with van der Waals surface area (Å²) in [5, 5.41) is 9.12. The van der Waals surface area contributed by atoms with Crippen LogP contribution in [0.25, 0.3) is 0 Å². The van der Waals surface area contributed by atoms with Crippen molar-refractivity contribution >= 4 is 0 Å². The van der Waals surface area contributed by atoms with Crippen molar-refractivity contribution < 1.29 is 14.6 Å². The Kier molecular flexibility index (Phi) is 7.26. The van der Waals surface area contributed by atoms with Crippen molar-refractivity contribution in [3.05, 3.63) is 24.3 Å². The molecule has 0 aliphatic rings. The number of hydrogen-bond donors (Lipinski definition) is 1. The maximum absolute atomic E-state index is 9.12. The summed E-state index contributed by atoms with van der Waals surface area (Å²) < 4.78 is 11.1. The summed E-state index contributed by atoms with van der Waals surface area (Å²) >= 11 is 0. The summed E-state index contributed by atoms with van der Waals surface area (Å²) in [6, 6.07) is 7.72. The summed E-state index contributed by atoms with van der Waals surface area (Å²) in [5.74, 6) is 1.76. The summed E-state index contributed by atoms with van der Waals surface area (Å²) in [6.45, 7) is 5.35. The van der Waals surface area contributed by atoms with E-state index in [1.165, 1.54) is 0 Å². The molecule has 0 fully saturated rings. The predicted molar refractivity (Wildman–Crippen MR) is 73.3 cm³/mol. The van der Waals surface area contributed by atoms with E-state index < -0.39 is 0 Å². The molecular weight excluding hydrogens is 228 g/mol. The minimum absolute atomic E-state index is 0.208. The first-order chi connectivity index (χ1) is 8.72. The van der Waals surface area contributed by atoms with Crippen molar-refractivity contribution in [2.24, 2.45) is 0 Å². The van der Waals surface area contributed by atoms with Crippen molar-refractivity contribution in [1.82, 2.24) is 0 Å². The van der Waals surface area contributed by atoms with Crippen molar-refractivity contribution in [1.29, 1.82) is 0 Å². The molecule has 1 aromatic rings. The molecule has 3 heteroatoms. The highest BCUT2D eigenvalue weighted by atomic mass is 16.5. The summed E-state index contributed by atoms with van der Waals surface area (Å²) in [7, 11) is 0. The lowest BCUT2D eigenvalue weighted by molar-refractivity contribution is 0.177. The third kappa shape index (κ3) is 6.50. The Morgan fingerprint density at radius 1 is 1.00 bits per heavy atom. The Morgan fingerprint density at radius 2 is 1.56 bits per heavy atom. The van der Waals surface area contributed by atoms with Gasteiger partial charge in [-0.25, -0.2) is 0 Å². The summed E-state index contributed by atoms with van der Waals surface area (Å²) in [6.07, 6.45) is 3.61. The first kappa shape index (κ1) is 14.8. The van der Waals surface area contributed by atoms with Gasteiger partial charge in [0.15, 0.2) is 0 Å². The van der Waals surface area contributed by atoms with Gasteiger partial charge < -0.3 is 14.6 Å². The Hall–Kier alpha value is -1.22. The first-order valence-corrected chi connectivity index (χ1v) is 6.76. The second kappa shape index (κ2) is 8.81. The number of rotatable bonds is 9. The third-order valence-corrected chi connectivity index (χ3v) is 2.58. The average molecular weight is 252 g/mol. The minimum atomic E-state index is -0.208. The van der Waals surface area contributed by atoms with Crippen LogP contribution in [0.15, 0.2) is 24.3 Å². The fraction of sp³-hybridized carbons (Fsp3) is 0.600. The van der Waals surface area contributed by atoms with Gasteiger partial charge in [-0.1, -0.05) is 6.92 Å². The number of benzene rings is 1. The van der Waals surface area contributed by atoms with Gasteiger partial charge >= 0.3 is 0 Å². The maximum atomic E-state index is 9.12. The Balaban J connectivity index is 2.18. The number of hydrogen-bond acceptors (Lipinski definition) is 3. The van der Waals surface area contributed by atoms with Crippen molar-refractivity contribution in [2.75, 3.05) is 13.2 Å². The van der Waals surface area contributed by atoms with Gasteiger partial charge in [0.25, 0.3) is 0 Å². The zero-order valence-electron chi connectivity index (χ0n) is 11.4. The molecule has 1 aromatic carbocycles. The molecule has 0 saturated carbocycles. The number of ether oxygens (including phenoxy) is 2. The lowest BCUT2D eigenvalue weighted by Gasteiger charge is -2.08. The van der Waals surface area contributed by atoms with Crippen LogP contribution in [0.2, 0.25) is 0 Å². The molecule has 1 N–H and O–H groups in total. The second-order valence-corrected chi connectivity index (χ2v) is 4.51. The predicted octanol–water partition coefficient (Wildman–Crippen LogP) is 3.41. The molecule has 0 spiro atoms. The van der Waals surface area contributed by atoms with E-state index in [1.54, 1.807) is 0 Å². The largest absolute Gasteiger partial charge is 0.494 e. The van der Waals surface area contributed by atoms with Crippen LogP contribution in [0.5, 0.6) is 11.5 Å². The fourth-order valence-electron chi connectivity index (χ4n) is 1.58. The van der Waals surface area contributed by atoms with E-state index >= 15 is 0 Å². The molecule has 0 aliphatic carbocycles. The van der Waals surface area contributed by atoms with E-state index in [1.807, 2.05) is 31.2 Å². The lowest BCUT2D eigenvalue weighted by atomic mass is 10.2. The van der Waals surface area contributed by atoms with Gasteiger partial charge in [-0.05, 0) is 56.9 Å². The topological polar surface area (TPSA) is 38.7 Å². The van der Waals surface area contributed by atoms with Crippen LogP contribution < -0.4 is 9.47 Å². The maximum Gasteiger partial charge on any atom is 0.119 e. The average Bonchev–Trinajstić information content (AvgIpc) is 2.37. The molecule has 0 amide bonds. The van der Waals surface area contributed by atoms with Gasteiger partial charge in [0.05, 0.1) is 19.3 Å². The highest BCUT2D eigenvalue weighted by Crippen LogP contribution is 2.18. The Labute approximate surface area is 110 Å². The van der Waals surface area contributed by atoms with Crippen LogP contribution in [0.4, 0.5) is 0 Å². The smallest absolute Gasteiger partial charge is 0.119 e. The van der Waals surface area contributed by atoms with Crippen molar-refractivity contribution in [3.8, 4) is 11.5 Å². The van der Waals surface area contributed by atoms with Gasteiger partial charge in [-0.2, -0.15) is 0 Å². The molecule has 0 aliphatic heterocycles. The van der Waals surface area contributed by atoms with Crippen LogP contribution >= 0.6 is 0 Å². The second-order valence-electron chi connectivity index (χ2n) is 4.51. The minimum Gasteiger partial charge on any atom is -0.494 e. The Bertz CT molecular complexity index is 306. The van der Waals surface area contributed by atoms with Gasteiger partial charge in [0.1, 0.15) is 11.5 Å². The molecule has 102 valence electrons. The molecular formula is C15H24O3. The standard InChI is InChI=1S/C15H24O3/c1-3-11-17-14-7-9-15(10-8-14)18-12-5-4-6-13(2)16/h7-10,13,16H,3-6,11-12H2,1-2H3. The molecule has 0 saturated heterocycles. The molecule has 3 nitrogen and oxygen atoms in total. The van der Waals surface area contributed by atoms with Crippen LogP contribution in [0.1, 0.15) is 39.5 Å². The molecule has 1 unspecified atom stereocenters. The lowest BCUT2D eigenvalue weighted by Crippen LogP contribution is -2.02. The van der Waals surface area contributed by atoms with Crippen LogP contribution in [-0.4, -0.2) is 24.4 Å². The highest BCUT2D eigenvalue weighted by molar-refractivity contribution is 5.31. The van der Waals surface area contributed by atoms with E-state index in [0.29, 0.717) is 6.61 Å². The number of aliphatic hydroxyl groups excluding tert-OH is 1. The molecule has 0 heterocycles. The molecule has 0 radical (unpaired) electrons. The van der Waals surface area contributed by atoms with Gasteiger partial charge in [-0.15, -0.1) is 0 Å². The normalized spacial score (nSPS) is 12.2. The molecule has 0 bridgehead atoms. The fourth-order valence-corrected chi connectivity index (χ4v) is 1.58. The third-order valence-electron chi connectivity index (χ3n) is 2.58. The zero-order valence-corrected chi connectivity index (χ0v) is 11.4. The number of aliphatic hydroxyl groups is 1. The molecule has 1 rings (SSSR count). The summed E-state index contributed by atoms with van der Waals surface area (Å²) in [4.78, 5) is 0. The van der Waals surface area contributed by atoms with E-state index in [-0.39, 0.29) is 6.10 Å². The van der Waals surface area contributed by atoms with Gasteiger partial charge in [0, 0.05) is 0 Å². The monoisotopic (exact) mass is 252 g/mol. The van der Waals surface area contributed by atoms with Crippen LogP contribution in [0.3, 0.4) is 0 Å².